The van der Waals surface area contributed by atoms with Gasteiger partial charge in [0.2, 0.25) is 17.6 Å². The van der Waals surface area contributed by atoms with Gasteiger partial charge in [-0.1, -0.05) is 30.8 Å². The van der Waals surface area contributed by atoms with Crippen molar-refractivity contribution in [2.75, 3.05) is 63.3 Å². The third-order valence-corrected chi connectivity index (χ3v) is 8.69. The Morgan fingerprint density at radius 3 is 2.72 bits per heavy atom. The number of fused-ring (bicyclic) bond motifs is 1. The number of hydrogen-bond donors (Lipinski definition) is 3. The molecule has 15 nitrogen and oxygen atoms in total. The number of carbonyl (C=O) groups is 3. The molecule has 1 aromatic carbocycles. The molecule has 0 bridgehead atoms. The number of anilines is 2. The summed E-state index contributed by atoms with van der Waals surface area (Å²) in [7, 11) is 1.86. The first-order chi connectivity index (χ1) is 24.2. The number of pyridine rings is 1. The lowest BCUT2D eigenvalue weighted by molar-refractivity contribution is 0.0358. The minimum absolute atomic E-state index is 0.102. The smallest absolute Gasteiger partial charge is 0.295 e. The molecule has 264 valence electrons. The summed E-state index contributed by atoms with van der Waals surface area (Å²) in [5, 5.41) is 10.4. The fourth-order valence-corrected chi connectivity index (χ4v) is 6.19. The van der Waals surface area contributed by atoms with E-state index in [1.54, 1.807) is 29.7 Å². The highest BCUT2D eigenvalue weighted by atomic mass is 32.2. The fourth-order valence-electron chi connectivity index (χ4n) is 5.55. The van der Waals surface area contributed by atoms with E-state index in [-0.39, 0.29) is 23.8 Å². The standard InChI is InChI=1S/C34H41N9O6S/c1-4-25-30(49-22(2)38-25)33(46)40-34-39-26-17-24(31(36)45)18-27(48-13-7-9-42-11-14-47-15-12-42)29(26)43(34)10-6-5-8-41(3)32-28(50-21-35)16-23(20-44)19-37-32/h5-6,16-21,35H,4,7-15H2,1-3H3,(H2,36,45)(H,39,40,46)/b6-5+,35-21?. The van der Waals surface area contributed by atoms with Crippen LogP contribution in [-0.4, -0.2) is 101 Å². The number of nitrogens with two attached hydrogens (primary N) is 1. The van der Waals surface area contributed by atoms with Gasteiger partial charge < -0.3 is 34.5 Å². The highest BCUT2D eigenvalue weighted by molar-refractivity contribution is 8.12. The fraction of sp³-hybridized carbons (Fsp3) is 0.382. The van der Waals surface area contributed by atoms with Gasteiger partial charge in [-0.3, -0.25) is 24.6 Å². The first-order valence-electron chi connectivity index (χ1n) is 16.2. The van der Waals surface area contributed by atoms with Gasteiger partial charge in [0.25, 0.3) is 5.91 Å². The lowest BCUT2D eigenvalue weighted by Crippen LogP contribution is -2.37. The molecule has 1 aliphatic rings. The second-order valence-electron chi connectivity index (χ2n) is 11.5. The van der Waals surface area contributed by atoms with Crippen LogP contribution in [-0.2, 0) is 17.7 Å². The first-order valence-corrected chi connectivity index (χ1v) is 17.1. The number of oxazole rings is 1. The number of nitrogens with zero attached hydrogens (tertiary/aromatic N) is 6. The number of allylic oxidation sites excluding steroid dienone is 1. The Hall–Kier alpha value is -5.06. The van der Waals surface area contributed by atoms with E-state index in [2.05, 4.69) is 20.2 Å². The molecule has 2 amide bonds. The summed E-state index contributed by atoms with van der Waals surface area (Å²) in [6.45, 7) is 8.65. The van der Waals surface area contributed by atoms with Gasteiger partial charge in [0, 0.05) is 64.0 Å². The van der Waals surface area contributed by atoms with Crippen LogP contribution in [0.1, 0.15) is 56.2 Å². The van der Waals surface area contributed by atoms with Crippen LogP contribution >= 0.6 is 11.8 Å². The van der Waals surface area contributed by atoms with E-state index in [1.165, 1.54) is 11.7 Å². The number of primary amides is 1. The molecule has 4 heterocycles. The summed E-state index contributed by atoms with van der Waals surface area (Å²) >= 11 is 1.16. The Morgan fingerprint density at radius 1 is 1.20 bits per heavy atom. The Morgan fingerprint density at radius 2 is 2.00 bits per heavy atom. The molecule has 0 unspecified atom stereocenters. The van der Waals surface area contributed by atoms with E-state index in [4.69, 9.17) is 30.0 Å². The molecule has 0 aliphatic carbocycles. The maximum atomic E-state index is 13.5. The van der Waals surface area contributed by atoms with E-state index in [9.17, 15) is 14.4 Å². The Labute approximate surface area is 293 Å². The molecule has 0 spiro atoms. The summed E-state index contributed by atoms with van der Waals surface area (Å²) < 4.78 is 19.2. The minimum atomic E-state index is -0.631. The van der Waals surface area contributed by atoms with Crippen molar-refractivity contribution in [2.24, 2.45) is 5.73 Å². The SMILES string of the molecule is CCc1nc(C)oc1C(=O)Nc1nc2cc(C(N)=O)cc(OCCCN3CCOCC3)c2n1C/C=C/CN(C)c1ncc(C=O)cc1SC=N. The third kappa shape index (κ3) is 8.74. The second kappa shape index (κ2) is 17.0. The predicted octanol–water partition coefficient (Wildman–Crippen LogP) is 3.95. The lowest BCUT2D eigenvalue weighted by atomic mass is 10.1. The molecule has 1 saturated heterocycles. The van der Waals surface area contributed by atoms with Crippen LogP contribution in [0.5, 0.6) is 5.75 Å². The molecule has 5 rings (SSSR count). The van der Waals surface area contributed by atoms with Gasteiger partial charge in [-0.25, -0.2) is 15.0 Å². The Balaban J connectivity index is 1.44. The molecule has 16 heteroatoms. The van der Waals surface area contributed by atoms with Crippen LogP contribution in [0, 0.1) is 12.3 Å². The summed E-state index contributed by atoms with van der Waals surface area (Å²) in [5.74, 6) is 0.591. The number of rotatable bonds is 17. The number of nitrogens with one attached hydrogen (secondary N) is 2. The van der Waals surface area contributed by atoms with Crippen LogP contribution in [0.25, 0.3) is 11.0 Å². The van der Waals surface area contributed by atoms with E-state index in [0.29, 0.717) is 77.4 Å². The van der Waals surface area contributed by atoms with Crippen LogP contribution in [0.15, 0.2) is 45.9 Å². The van der Waals surface area contributed by atoms with Crippen molar-refractivity contribution in [3.05, 3.63) is 65.0 Å². The van der Waals surface area contributed by atoms with Crippen LogP contribution < -0.4 is 20.7 Å². The maximum Gasteiger partial charge on any atom is 0.295 e. The van der Waals surface area contributed by atoms with Gasteiger partial charge in [0.15, 0.2) is 12.2 Å². The molecule has 3 aromatic heterocycles. The largest absolute Gasteiger partial charge is 0.491 e. The molecule has 4 N–H and O–H groups in total. The molecule has 0 radical (unpaired) electrons. The summed E-state index contributed by atoms with van der Waals surface area (Å²) in [4.78, 5) is 55.4. The van der Waals surface area contributed by atoms with Crippen molar-refractivity contribution in [1.82, 2.24) is 24.4 Å². The number of amides is 2. The molecule has 1 fully saturated rings. The van der Waals surface area contributed by atoms with Gasteiger partial charge in [0.1, 0.15) is 17.1 Å². The molecule has 4 aromatic rings. The van der Waals surface area contributed by atoms with E-state index < -0.39 is 11.8 Å². The lowest BCUT2D eigenvalue weighted by Gasteiger charge is -2.26. The summed E-state index contributed by atoms with van der Waals surface area (Å²) in [5.41, 5.74) is 9.06. The average Bonchev–Trinajstić information content (AvgIpc) is 3.68. The topological polar surface area (TPSA) is 195 Å². The van der Waals surface area contributed by atoms with Gasteiger partial charge in [-0.2, -0.15) is 0 Å². The van der Waals surface area contributed by atoms with Crippen LogP contribution in [0.4, 0.5) is 11.8 Å². The van der Waals surface area contributed by atoms with E-state index in [1.807, 2.05) is 31.0 Å². The maximum absolute atomic E-state index is 13.5. The number of hydrogen-bond acceptors (Lipinski definition) is 13. The number of aryl methyl sites for hydroxylation is 2. The van der Waals surface area contributed by atoms with Crippen molar-refractivity contribution in [3.63, 3.8) is 0 Å². The molecule has 1 aliphatic heterocycles. The second-order valence-corrected chi connectivity index (χ2v) is 12.4. The summed E-state index contributed by atoms with van der Waals surface area (Å²) in [6, 6.07) is 4.88. The number of benzene rings is 1. The van der Waals surface area contributed by atoms with Gasteiger partial charge in [-0.15, -0.1) is 0 Å². The number of morpholine rings is 1. The van der Waals surface area contributed by atoms with Crippen LogP contribution in [0.3, 0.4) is 0 Å². The number of aldehydes is 1. The average molecular weight is 704 g/mol. The van der Waals surface area contributed by atoms with Gasteiger partial charge in [0.05, 0.1) is 41.5 Å². The number of imidazole rings is 1. The zero-order chi connectivity index (χ0) is 35.6. The Bertz CT molecular complexity index is 1880. The Kier molecular flexibility index (Phi) is 12.4. The first kappa shape index (κ1) is 36.2. The number of ether oxygens (including phenoxy) is 2. The number of likely N-dealkylation sites (N-methyl/N-ethyl adjacent to an activating group) is 1. The molecule has 0 saturated carbocycles. The predicted molar refractivity (Wildman–Crippen MR) is 191 cm³/mol. The van der Waals surface area contributed by atoms with Crippen LogP contribution in [0.2, 0.25) is 0 Å². The molecule has 0 atom stereocenters. The zero-order valence-corrected chi connectivity index (χ0v) is 29.1. The van der Waals surface area contributed by atoms with Crippen molar-refractivity contribution >= 4 is 58.2 Å². The normalized spacial score (nSPS) is 13.5. The van der Waals surface area contributed by atoms with Crippen molar-refractivity contribution in [3.8, 4) is 5.75 Å². The van der Waals surface area contributed by atoms with E-state index >= 15 is 0 Å². The van der Waals surface area contributed by atoms with Crippen molar-refractivity contribution < 1.29 is 28.3 Å². The highest BCUT2D eigenvalue weighted by Gasteiger charge is 2.23. The van der Waals surface area contributed by atoms with Crippen molar-refractivity contribution in [1.29, 1.82) is 5.41 Å². The van der Waals surface area contributed by atoms with Crippen molar-refractivity contribution in [2.45, 2.75) is 38.1 Å². The van der Waals surface area contributed by atoms with Gasteiger partial charge >= 0.3 is 0 Å². The highest BCUT2D eigenvalue weighted by Crippen LogP contribution is 2.32. The molecular weight excluding hydrogens is 662 g/mol. The quantitative estimate of drug-likeness (QED) is 0.0359. The third-order valence-electron chi connectivity index (χ3n) is 8.01. The number of aromatic nitrogens is 4. The van der Waals surface area contributed by atoms with E-state index in [0.717, 1.165) is 44.1 Å². The molecule has 50 heavy (non-hydrogen) atoms. The number of thioether (sulfide) groups is 1. The zero-order valence-electron chi connectivity index (χ0n) is 28.3. The number of carbonyl (C=O) groups excluding carboxylic acids is 3. The monoisotopic (exact) mass is 703 g/mol. The molecular formula is C34H41N9O6S. The van der Waals surface area contributed by atoms with Gasteiger partial charge in [-0.05, 0) is 31.0 Å². The summed E-state index contributed by atoms with van der Waals surface area (Å²) in [6.07, 6.45) is 7.31. The minimum Gasteiger partial charge on any atom is -0.491 e.